The monoisotopic (exact) mass is 193 g/mol. The molecule has 1 aromatic heterocycles. The molecule has 0 N–H and O–H groups in total. The van der Waals surface area contributed by atoms with Gasteiger partial charge in [-0.1, -0.05) is 6.08 Å². The van der Waals surface area contributed by atoms with Gasteiger partial charge in [-0.2, -0.15) is 11.3 Å². The van der Waals surface area contributed by atoms with Crippen molar-refractivity contribution < 1.29 is 0 Å². The van der Waals surface area contributed by atoms with Gasteiger partial charge in [0.1, 0.15) is 0 Å². The SMILES string of the molecule is C=CCN1CC[C@@H](c2ccsc2)C1. The molecule has 2 heterocycles. The van der Waals surface area contributed by atoms with E-state index in [1.165, 1.54) is 25.1 Å². The lowest BCUT2D eigenvalue weighted by Crippen LogP contribution is -2.19. The Balaban J connectivity index is 1.95. The van der Waals surface area contributed by atoms with Crippen LogP contribution in [0.4, 0.5) is 0 Å². The number of thiophene rings is 1. The van der Waals surface area contributed by atoms with Crippen molar-refractivity contribution in [2.24, 2.45) is 0 Å². The Morgan fingerprint density at radius 2 is 2.62 bits per heavy atom. The van der Waals surface area contributed by atoms with Crippen LogP contribution >= 0.6 is 11.3 Å². The lowest BCUT2D eigenvalue weighted by atomic mass is 10.0. The van der Waals surface area contributed by atoms with Crippen LogP contribution in [0.5, 0.6) is 0 Å². The largest absolute Gasteiger partial charge is 0.299 e. The van der Waals surface area contributed by atoms with Crippen molar-refractivity contribution in [2.75, 3.05) is 19.6 Å². The van der Waals surface area contributed by atoms with Gasteiger partial charge < -0.3 is 0 Å². The van der Waals surface area contributed by atoms with Gasteiger partial charge in [0.05, 0.1) is 0 Å². The maximum absolute atomic E-state index is 3.77. The molecule has 1 aromatic rings. The van der Waals surface area contributed by atoms with Crippen molar-refractivity contribution in [2.45, 2.75) is 12.3 Å². The summed E-state index contributed by atoms with van der Waals surface area (Å²) >= 11 is 1.80. The Kier molecular flexibility index (Phi) is 2.81. The summed E-state index contributed by atoms with van der Waals surface area (Å²) in [5, 5.41) is 4.45. The predicted molar refractivity (Wildman–Crippen MR) is 58.3 cm³/mol. The van der Waals surface area contributed by atoms with E-state index in [4.69, 9.17) is 0 Å². The molecule has 0 radical (unpaired) electrons. The summed E-state index contributed by atoms with van der Waals surface area (Å²) < 4.78 is 0. The van der Waals surface area contributed by atoms with Crippen LogP contribution in [-0.4, -0.2) is 24.5 Å². The van der Waals surface area contributed by atoms with Gasteiger partial charge in [0.25, 0.3) is 0 Å². The molecule has 13 heavy (non-hydrogen) atoms. The molecule has 2 rings (SSSR count). The zero-order valence-electron chi connectivity index (χ0n) is 7.78. The highest BCUT2D eigenvalue weighted by atomic mass is 32.1. The number of hydrogen-bond acceptors (Lipinski definition) is 2. The van der Waals surface area contributed by atoms with Crippen molar-refractivity contribution >= 4 is 11.3 Å². The van der Waals surface area contributed by atoms with E-state index in [1.807, 2.05) is 6.08 Å². The van der Waals surface area contributed by atoms with Crippen molar-refractivity contribution in [3.05, 3.63) is 35.0 Å². The summed E-state index contributed by atoms with van der Waals surface area (Å²) in [7, 11) is 0. The van der Waals surface area contributed by atoms with Crippen molar-refractivity contribution in [3.63, 3.8) is 0 Å². The second-order valence-electron chi connectivity index (χ2n) is 3.59. The number of nitrogens with zero attached hydrogens (tertiary/aromatic N) is 1. The number of hydrogen-bond donors (Lipinski definition) is 0. The molecule has 0 unspecified atom stereocenters. The summed E-state index contributed by atoms with van der Waals surface area (Å²) in [4.78, 5) is 2.47. The van der Waals surface area contributed by atoms with Crippen LogP contribution in [0.15, 0.2) is 29.5 Å². The fraction of sp³-hybridized carbons (Fsp3) is 0.455. The molecule has 1 fully saturated rings. The lowest BCUT2D eigenvalue weighted by molar-refractivity contribution is 0.372. The van der Waals surface area contributed by atoms with Crippen LogP contribution in [0, 0.1) is 0 Å². The van der Waals surface area contributed by atoms with E-state index < -0.39 is 0 Å². The van der Waals surface area contributed by atoms with Crippen LogP contribution in [0.2, 0.25) is 0 Å². The molecule has 1 aliphatic heterocycles. The average molecular weight is 193 g/mol. The highest BCUT2D eigenvalue weighted by Crippen LogP contribution is 2.28. The van der Waals surface area contributed by atoms with Crippen LogP contribution in [0.1, 0.15) is 17.9 Å². The smallest absolute Gasteiger partial charge is 0.0160 e. The van der Waals surface area contributed by atoms with Crippen LogP contribution in [-0.2, 0) is 0 Å². The van der Waals surface area contributed by atoms with Crippen molar-refractivity contribution in [3.8, 4) is 0 Å². The minimum atomic E-state index is 0.770. The molecule has 0 amide bonds. The van der Waals surface area contributed by atoms with E-state index in [2.05, 4.69) is 28.3 Å². The van der Waals surface area contributed by atoms with Crippen LogP contribution in [0.3, 0.4) is 0 Å². The summed E-state index contributed by atoms with van der Waals surface area (Å²) in [5.41, 5.74) is 1.52. The molecular formula is C11H15NS. The number of rotatable bonds is 3. The normalized spacial score (nSPS) is 23.5. The van der Waals surface area contributed by atoms with E-state index in [1.54, 1.807) is 11.3 Å². The van der Waals surface area contributed by atoms with E-state index in [9.17, 15) is 0 Å². The van der Waals surface area contributed by atoms with Gasteiger partial charge in [0.15, 0.2) is 0 Å². The standard InChI is InChI=1S/C11H15NS/c1-2-5-12-6-3-10(8-12)11-4-7-13-9-11/h2,4,7,9-10H,1,3,5-6,8H2/t10-/m1/s1. The quantitative estimate of drug-likeness (QED) is 0.667. The van der Waals surface area contributed by atoms with Gasteiger partial charge in [-0.3, -0.25) is 4.90 Å². The third-order valence-corrected chi connectivity index (χ3v) is 3.38. The second-order valence-corrected chi connectivity index (χ2v) is 4.37. The Hall–Kier alpha value is -0.600. The molecule has 0 aromatic carbocycles. The van der Waals surface area contributed by atoms with E-state index in [0.717, 1.165) is 12.5 Å². The Bertz CT molecular complexity index is 266. The zero-order chi connectivity index (χ0) is 9.10. The molecule has 1 saturated heterocycles. The van der Waals surface area contributed by atoms with E-state index >= 15 is 0 Å². The molecule has 0 bridgehead atoms. The average Bonchev–Trinajstić information content (AvgIpc) is 2.70. The minimum absolute atomic E-state index is 0.770. The summed E-state index contributed by atoms with van der Waals surface area (Å²) in [6, 6.07) is 2.26. The third-order valence-electron chi connectivity index (χ3n) is 2.67. The molecule has 0 spiro atoms. The summed E-state index contributed by atoms with van der Waals surface area (Å²) in [6.07, 6.45) is 3.31. The molecular weight excluding hydrogens is 178 g/mol. The van der Waals surface area contributed by atoms with Crippen molar-refractivity contribution in [1.29, 1.82) is 0 Å². The van der Waals surface area contributed by atoms with Crippen molar-refractivity contribution in [1.82, 2.24) is 4.90 Å². The second kappa shape index (κ2) is 4.07. The molecule has 1 nitrogen and oxygen atoms in total. The van der Waals surface area contributed by atoms with E-state index in [-0.39, 0.29) is 0 Å². The molecule has 0 saturated carbocycles. The molecule has 1 atom stereocenters. The first-order valence-corrected chi connectivity index (χ1v) is 5.70. The first-order valence-electron chi connectivity index (χ1n) is 4.75. The molecule has 0 aliphatic carbocycles. The first-order chi connectivity index (χ1) is 6.40. The topological polar surface area (TPSA) is 3.24 Å². The van der Waals surface area contributed by atoms with Gasteiger partial charge in [-0.15, -0.1) is 6.58 Å². The summed E-state index contributed by atoms with van der Waals surface area (Å²) in [5.74, 6) is 0.770. The lowest BCUT2D eigenvalue weighted by Gasteiger charge is -2.12. The summed E-state index contributed by atoms with van der Waals surface area (Å²) in [6.45, 7) is 7.25. The van der Waals surface area contributed by atoms with E-state index in [0.29, 0.717) is 0 Å². The fourth-order valence-electron chi connectivity index (χ4n) is 1.96. The maximum atomic E-state index is 3.77. The predicted octanol–water partition coefficient (Wildman–Crippen LogP) is 2.72. The Labute approximate surface area is 83.7 Å². The Morgan fingerprint density at radius 3 is 3.31 bits per heavy atom. The molecule has 2 heteroatoms. The van der Waals surface area contributed by atoms with Gasteiger partial charge in [0, 0.05) is 13.1 Å². The minimum Gasteiger partial charge on any atom is -0.299 e. The zero-order valence-corrected chi connectivity index (χ0v) is 8.59. The molecule has 1 aliphatic rings. The maximum Gasteiger partial charge on any atom is 0.0160 e. The fourth-order valence-corrected chi connectivity index (χ4v) is 2.70. The Morgan fingerprint density at radius 1 is 1.69 bits per heavy atom. The van der Waals surface area contributed by atoms with Crippen LogP contribution in [0.25, 0.3) is 0 Å². The van der Waals surface area contributed by atoms with Gasteiger partial charge in [-0.05, 0) is 41.3 Å². The highest BCUT2D eigenvalue weighted by Gasteiger charge is 2.22. The highest BCUT2D eigenvalue weighted by molar-refractivity contribution is 7.07. The van der Waals surface area contributed by atoms with Gasteiger partial charge in [-0.25, -0.2) is 0 Å². The molecule has 70 valence electrons. The van der Waals surface area contributed by atoms with Crippen LogP contribution < -0.4 is 0 Å². The third kappa shape index (κ3) is 2.01. The number of likely N-dealkylation sites (tertiary alicyclic amines) is 1. The first kappa shape index (κ1) is 8.97. The van der Waals surface area contributed by atoms with Gasteiger partial charge in [0.2, 0.25) is 0 Å². The van der Waals surface area contributed by atoms with Gasteiger partial charge >= 0.3 is 0 Å².